The molecule has 1 amide bonds. The molecule has 2 unspecified atom stereocenters. The van der Waals surface area contributed by atoms with Crippen LogP contribution in [0.1, 0.15) is 42.4 Å². The average Bonchev–Trinajstić information content (AvgIpc) is 3.29. The van der Waals surface area contributed by atoms with Gasteiger partial charge in [-0.2, -0.15) is 0 Å². The minimum absolute atomic E-state index is 0.165. The van der Waals surface area contributed by atoms with E-state index >= 15 is 0 Å². The molecule has 3 nitrogen and oxygen atoms in total. The van der Waals surface area contributed by atoms with Gasteiger partial charge in [0.15, 0.2) is 0 Å². The molecule has 0 saturated heterocycles. The summed E-state index contributed by atoms with van der Waals surface area (Å²) in [5.41, 5.74) is 8.68. The molecule has 166 valence electrons. The van der Waals surface area contributed by atoms with E-state index in [2.05, 4.69) is 17.4 Å². The van der Waals surface area contributed by atoms with Crippen LogP contribution in [0.25, 0.3) is 0 Å². The second-order valence-corrected chi connectivity index (χ2v) is 9.23. The largest absolute Gasteiger partial charge is 0.369 e. The van der Waals surface area contributed by atoms with Crippen LogP contribution in [0.5, 0.6) is 0 Å². The van der Waals surface area contributed by atoms with Crippen molar-refractivity contribution >= 4 is 17.5 Å². The highest BCUT2D eigenvalue weighted by Gasteiger charge is 2.49. The van der Waals surface area contributed by atoms with Crippen molar-refractivity contribution in [3.05, 3.63) is 107 Å². The Hall–Kier alpha value is -2.62. The molecule has 1 saturated carbocycles. The molecule has 2 atom stereocenters. The maximum Gasteiger partial charge on any atom is 0.232 e. The SMILES string of the molecule is NC(=O)C(c1ccccc1)(c1ccccc1)C1CCC(NCCCc2ccc(Cl)cc2)C1. The number of nitrogens with two attached hydrogens (primary N) is 1. The molecule has 3 N–H and O–H groups in total. The standard InChI is InChI=1S/C28H31ClN2O/c29-25-16-13-21(14-17-25)8-7-19-31-26-18-15-24(20-26)28(27(30)32,22-9-3-1-4-10-22)23-11-5-2-6-12-23/h1-6,9-14,16-17,24,26,31H,7-8,15,18-20H2,(H2,30,32). The highest BCUT2D eigenvalue weighted by atomic mass is 35.5. The zero-order valence-corrected chi connectivity index (χ0v) is 19.1. The number of primary amides is 1. The van der Waals surface area contributed by atoms with Crippen molar-refractivity contribution < 1.29 is 4.79 Å². The van der Waals surface area contributed by atoms with Gasteiger partial charge in [0, 0.05) is 11.1 Å². The lowest BCUT2D eigenvalue weighted by atomic mass is 9.64. The predicted molar refractivity (Wildman–Crippen MR) is 132 cm³/mol. The van der Waals surface area contributed by atoms with Gasteiger partial charge in [-0.25, -0.2) is 0 Å². The van der Waals surface area contributed by atoms with Crippen molar-refractivity contribution in [2.45, 2.75) is 43.6 Å². The van der Waals surface area contributed by atoms with E-state index in [1.165, 1.54) is 5.56 Å². The van der Waals surface area contributed by atoms with Crippen LogP contribution < -0.4 is 11.1 Å². The van der Waals surface area contributed by atoms with Gasteiger partial charge in [-0.3, -0.25) is 4.79 Å². The van der Waals surface area contributed by atoms with Crippen LogP contribution in [-0.2, 0) is 16.6 Å². The average molecular weight is 447 g/mol. The highest BCUT2D eigenvalue weighted by Crippen LogP contribution is 2.46. The van der Waals surface area contributed by atoms with Gasteiger partial charge >= 0.3 is 0 Å². The second kappa shape index (κ2) is 10.3. The summed E-state index contributed by atoms with van der Waals surface area (Å²) in [6.07, 6.45) is 5.07. The van der Waals surface area contributed by atoms with Gasteiger partial charge in [0.2, 0.25) is 5.91 Å². The molecule has 1 fully saturated rings. The van der Waals surface area contributed by atoms with Crippen LogP contribution in [-0.4, -0.2) is 18.5 Å². The monoisotopic (exact) mass is 446 g/mol. The Labute approximate surface area is 196 Å². The lowest BCUT2D eigenvalue weighted by molar-refractivity contribution is -0.123. The molecule has 0 bridgehead atoms. The van der Waals surface area contributed by atoms with E-state index in [0.29, 0.717) is 6.04 Å². The molecular formula is C28H31ClN2O. The topological polar surface area (TPSA) is 55.1 Å². The molecule has 1 aliphatic carbocycles. The maximum atomic E-state index is 13.1. The number of aryl methyl sites for hydroxylation is 1. The number of rotatable bonds is 9. The van der Waals surface area contributed by atoms with E-state index < -0.39 is 5.41 Å². The summed E-state index contributed by atoms with van der Waals surface area (Å²) in [7, 11) is 0. The Morgan fingerprint density at radius 2 is 1.50 bits per heavy atom. The smallest absolute Gasteiger partial charge is 0.232 e. The van der Waals surface area contributed by atoms with Gasteiger partial charge in [0.25, 0.3) is 0 Å². The maximum absolute atomic E-state index is 13.1. The minimum atomic E-state index is -0.803. The predicted octanol–water partition coefficient (Wildman–Crippen LogP) is 5.50. The van der Waals surface area contributed by atoms with E-state index in [1.54, 1.807) is 0 Å². The number of carbonyl (C=O) groups excluding carboxylic acids is 1. The van der Waals surface area contributed by atoms with Crippen molar-refractivity contribution in [2.24, 2.45) is 11.7 Å². The van der Waals surface area contributed by atoms with Crippen LogP contribution in [0.4, 0.5) is 0 Å². The number of hydrogen-bond acceptors (Lipinski definition) is 2. The number of hydrogen-bond donors (Lipinski definition) is 2. The van der Waals surface area contributed by atoms with Crippen LogP contribution in [0, 0.1) is 5.92 Å². The first-order chi connectivity index (χ1) is 15.6. The first-order valence-electron chi connectivity index (χ1n) is 11.5. The number of amides is 1. The minimum Gasteiger partial charge on any atom is -0.369 e. The van der Waals surface area contributed by atoms with Gasteiger partial charge in [0.05, 0.1) is 0 Å². The van der Waals surface area contributed by atoms with Gasteiger partial charge in [-0.15, -0.1) is 0 Å². The highest BCUT2D eigenvalue weighted by molar-refractivity contribution is 6.30. The van der Waals surface area contributed by atoms with Crippen molar-refractivity contribution in [2.75, 3.05) is 6.54 Å². The van der Waals surface area contributed by atoms with E-state index in [9.17, 15) is 4.79 Å². The molecule has 0 aromatic heterocycles. The fourth-order valence-electron chi connectivity index (χ4n) is 5.34. The van der Waals surface area contributed by atoms with Crippen molar-refractivity contribution in [1.29, 1.82) is 0 Å². The molecule has 0 heterocycles. The Morgan fingerprint density at radius 1 is 0.906 bits per heavy atom. The van der Waals surface area contributed by atoms with Gasteiger partial charge in [-0.05, 0) is 73.4 Å². The molecule has 4 heteroatoms. The number of carbonyl (C=O) groups is 1. The molecule has 0 radical (unpaired) electrons. The molecule has 4 rings (SSSR count). The Balaban J connectivity index is 1.46. The number of nitrogens with one attached hydrogen (secondary N) is 1. The molecule has 0 aliphatic heterocycles. The number of halogens is 1. The molecule has 1 aliphatic rings. The van der Waals surface area contributed by atoms with Crippen molar-refractivity contribution in [3.63, 3.8) is 0 Å². The molecule has 0 spiro atoms. The van der Waals surface area contributed by atoms with Crippen molar-refractivity contribution in [3.8, 4) is 0 Å². The molecular weight excluding hydrogens is 416 g/mol. The van der Waals surface area contributed by atoms with E-state index in [1.807, 2.05) is 72.8 Å². The third kappa shape index (κ3) is 4.74. The fourth-order valence-corrected chi connectivity index (χ4v) is 5.46. The third-order valence-electron chi connectivity index (χ3n) is 6.88. The Kier molecular flexibility index (Phi) is 7.29. The zero-order valence-electron chi connectivity index (χ0n) is 18.3. The third-order valence-corrected chi connectivity index (χ3v) is 7.13. The van der Waals surface area contributed by atoms with Crippen LogP contribution in [0.3, 0.4) is 0 Å². The van der Waals surface area contributed by atoms with Crippen LogP contribution >= 0.6 is 11.6 Å². The lowest BCUT2D eigenvalue weighted by Gasteiger charge is -2.37. The van der Waals surface area contributed by atoms with E-state index in [0.717, 1.165) is 54.8 Å². The summed E-state index contributed by atoms with van der Waals surface area (Å²) in [6.45, 7) is 0.959. The fraction of sp³-hybridized carbons (Fsp3) is 0.321. The first-order valence-corrected chi connectivity index (χ1v) is 11.9. The van der Waals surface area contributed by atoms with Crippen molar-refractivity contribution in [1.82, 2.24) is 5.32 Å². The van der Waals surface area contributed by atoms with E-state index in [-0.39, 0.29) is 11.8 Å². The summed E-state index contributed by atoms with van der Waals surface area (Å²) in [4.78, 5) is 13.1. The second-order valence-electron chi connectivity index (χ2n) is 8.80. The van der Waals surface area contributed by atoms with Gasteiger partial charge in [0.1, 0.15) is 5.41 Å². The Bertz CT molecular complexity index is 965. The quantitative estimate of drug-likeness (QED) is 0.426. The normalized spacial score (nSPS) is 18.5. The zero-order chi connectivity index (χ0) is 22.4. The summed E-state index contributed by atoms with van der Waals surface area (Å²) in [6, 6.07) is 28.6. The summed E-state index contributed by atoms with van der Waals surface area (Å²) < 4.78 is 0. The van der Waals surface area contributed by atoms with Gasteiger partial charge in [-0.1, -0.05) is 84.4 Å². The van der Waals surface area contributed by atoms with Gasteiger partial charge < -0.3 is 11.1 Å². The molecule has 3 aromatic carbocycles. The lowest BCUT2D eigenvalue weighted by Crippen LogP contribution is -2.48. The Morgan fingerprint density at radius 3 is 2.06 bits per heavy atom. The number of benzene rings is 3. The van der Waals surface area contributed by atoms with E-state index in [4.69, 9.17) is 17.3 Å². The van der Waals surface area contributed by atoms with Crippen LogP contribution in [0.15, 0.2) is 84.9 Å². The summed E-state index contributed by atoms with van der Waals surface area (Å²) in [5, 5.41) is 4.51. The molecule has 3 aromatic rings. The summed E-state index contributed by atoms with van der Waals surface area (Å²) >= 11 is 5.98. The first kappa shape index (κ1) is 22.6. The van der Waals surface area contributed by atoms with Crippen LogP contribution in [0.2, 0.25) is 5.02 Å². The summed E-state index contributed by atoms with van der Waals surface area (Å²) in [5.74, 6) is -0.0955. The molecule has 32 heavy (non-hydrogen) atoms.